The van der Waals surface area contributed by atoms with Crippen molar-refractivity contribution in [1.29, 1.82) is 0 Å². The minimum atomic E-state index is -0.277. The number of carbonyl (C=O) groups is 1. The number of carbonyl (C=O) groups excluding carboxylic acids is 1. The van der Waals surface area contributed by atoms with Crippen molar-refractivity contribution >= 4 is 11.6 Å². The van der Waals surface area contributed by atoms with Crippen molar-refractivity contribution in [3.8, 4) is 5.69 Å². The Hall–Kier alpha value is -3.09. The zero-order chi connectivity index (χ0) is 16.9. The Morgan fingerprint density at radius 1 is 1.21 bits per heavy atom. The number of hydrogen-bond acceptors (Lipinski definition) is 4. The first-order chi connectivity index (χ1) is 11.6. The summed E-state index contributed by atoms with van der Waals surface area (Å²) in [5.74, 6) is -0.366. The average Bonchev–Trinajstić information content (AvgIpc) is 3.09. The van der Waals surface area contributed by atoms with Gasteiger partial charge in [0.25, 0.3) is 0 Å². The lowest BCUT2D eigenvalue weighted by Crippen LogP contribution is -2.12. The molecule has 0 radical (unpaired) electrons. The fourth-order valence-electron chi connectivity index (χ4n) is 2.39. The zero-order valence-corrected chi connectivity index (χ0v) is 13.1. The smallest absolute Gasteiger partial charge is 0.224 e. The summed E-state index contributed by atoms with van der Waals surface area (Å²) in [6, 6.07) is 11.7. The molecule has 3 rings (SSSR count). The topological polar surface area (TPSA) is 72.7 Å². The molecule has 1 N–H and O–H groups in total. The molecule has 0 aliphatic carbocycles. The van der Waals surface area contributed by atoms with Crippen molar-refractivity contribution in [2.75, 3.05) is 5.32 Å². The van der Waals surface area contributed by atoms with Crippen LogP contribution in [0.15, 0.2) is 48.8 Å². The zero-order valence-electron chi connectivity index (χ0n) is 13.1. The highest BCUT2D eigenvalue weighted by Gasteiger charge is 2.07. The van der Waals surface area contributed by atoms with Gasteiger partial charge in [-0.25, -0.2) is 9.07 Å². The van der Waals surface area contributed by atoms with E-state index >= 15 is 0 Å². The lowest BCUT2D eigenvalue weighted by atomic mass is 10.1. The summed E-state index contributed by atoms with van der Waals surface area (Å²) in [4.78, 5) is 12.1. The third-order valence-corrected chi connectivity index (χ3v) is 3.63. The number of rotatable bonds is 5. The summed E-state index contributed by atoms with van der Waals surface area (Å²) < 4.78 is 14.4. The number of aromatic nitrogens is 4. The Kier molecular flexibility index (Phi) is 4.60. The molecule has 0 atom stereocenters. The van der Waals surface area contributed by atoms with Crippen LogP contribution in [-0.2, 0) is 11.2 Å². The maximum Gasteiger partial charge on any atom is 0.224 e. The van der Waals surface area contributed by atoms with Crippen LogP contribution < -0.4 is 5.32 Å². The van der Waals surface area contributed by atoms with Crippen molar-refractivity contribution in [3.63, 3.8) is 0 Å². The van der Waals surface area contributed by atoms with E-state index < -0.39 is 0 Å². The second-order valence-electron chi connectivity index (χ2n) is 5.43. The minimum Gasteiger partial charge on any atom is -0.326 e. The number of anilines is 1. The Labute approximate surface area is 138 Å². The van der Waals surface area contributed by atoms with E-state index in [0.717, 1.165) is 16.8 Å². The van der Waals surface area contributed by atoms with Gasteiger partial charge in [0.15, 0.2) is 0 Å². The number of nitrogens with zero attached hydrogens (tertiary/aromatic N) is 4. The molecule has 0 fully saturated rings. The number of benzene rings is 2. The molecule has 1 amide bonds. The summed E-state index contributed by atoms with van der Waals surface area (Å²) in [6.07, 6.45) is 2.41. The highest BCUT2D eigenvalue weighted by atomic mass is 19.1. The van der Waals surface area contributed by atoms with Crippen molar-refractivity contribution in [1.82, 2.24) is 20.2 Å². The average molecular weight is 325 g/mol. The molecule has 0 spiro atoms. The largest absolute Gasteiger partial charge is 0.326 e. The quantitative estimate of drug-likeness (QED) is 0.783. The van der Waals surface area contributed by atoms with Gasteiger partial charge in [-0.15, -0.1) is 5.10 Å². The second-order valence-corrected chi connectivity index (χ2v) is 5.43. The molecule has 0 unspecified atom stereocenters. The Morgan fingerprint density at radius 3 is 2.67 bits per heavy atom. The van der Waals surface area contributed by atoms with Crippen LogP contribution in [0.25, 0.3) is 5.69 Å². The highest BCUT2D eigenvalue weighted by Crippen LogP contribution is 2.18. The van der Waals surface area contributed by atoms with Gasteiger partial charge in [-0.3, -0.25) is 4.79 Å². The molecule has 0 bridgehead atoms. The van der Waals surface area contributed by atoms with Crippen LogP contribution in [0.5, 0.6) is 0 Å². The predicted molar refractivity (Wildman–Crippen MR) is 87.2 cm³/mol. The molecule has 7 heteroatoms. The number of tetrazole rings is 1. The number of hydrogen-bond donors (Lipinski definition) is 1. The molecule has 24 heavy (non-hydrogen) atoms. The van der Waals surface area contributed by atoms with Gasteiger partial charge >= 0.3 is 0 Å². The van der Waals surface area contributed by atoms with Gasteiger partial charge < -0.3 is 5.32 Å². The van der Waals surface area contributed by atoms with E-state index in [1.165, 1.54) is 18.5 Å². The summed E-state index contributed by atoms with van der Waals surface area (Å²) >= 11 is 0. The third-order valence-electron chi connectivity index (χ3n) is 3.63. The van der Waals surface area contributed by atoms with Crippen LogP contribution in [-0.4, -0.2) is 26.1 Å². The summed E-state index contributed by atoms with van der Waals surface area (Å²) in [5, 5.41) is 13.9. The first-order valence-corrected chi connectivity index (χ1v) is 7.50. The molecule has 3 aromatic rings. The van der Waals surface area contributed by atoms with Gasteiger partial charge in [0.1, 0.15) is 12.1 Å². The van der Waals surface area contributed by atoms with Gasteiger partial charge in [-0.2, -0.15) is 0 Å². The Balaban J connectivity index is 1.60. The minimum absolute atomic E-state index is 0.0890. The van der Waals surface area contributed by atoms with E-state index in [-0.39, 0.29) is 11.7 Å². The number of aryl methyl sites for hydroxylation is 2. The van der Waals surface area contributed by atoms with Crippen LogP contribution in [0.2, 0.25) is 0 Å². The molecule has 122 valence electrons. The third kappa shape index (κ3) is 3.81. The van der Waals surface area contributed by atoms with Gasteiger partial charge in [0.05, 0.1) is 5.69 Å². The molecule has 0 saturated carbocycles. The van der Waals surface area contributed by atoms with Gasteiger partial charge in [0.2, 0.25) is 5.91 Å². The van der Waals surface area contributed by atoms with Crippen LogP contribution in [0, 0.1) is 12.7 Å². The maximum atomic E-state index is 12.9. The number of amides is 1. The standard InChI is InChI=1S/C17H16FN5O/c1-12-10-15(7-8-16(12)23-11-19-21-22-23)20-17(24)9-4-13-2-5-14(18)6-3-13/h2-3,5-8,10-11H,4,9H2,1H3,(H,20,24). The number of nitrogens with one attached hydrogen (secondary N) is 1. The molecular weight excluding hydrogens is 309 g/mol. The monoisotopic (exact) mass is 325 g/mol. The van der Waals surface area contributed by atoms with Gasteiger partial charge in [-0.05, 0) is 65.2 Å². The molecule has 6 nitrogen and oxygen atoms in total. The highest BCUT2D eigenvalue weighted by molar-refractivity contribution is 5.91. The predicted octanol–water partition coefficient (Wildman–Crippen LogP) is 2.68. The Morgan fingerprint density at radius 2 is 2.00 bits per heavy atom. The van der Waals surface area contributed by atoms with Crippen molar-refractivity contribution in [2.45, 2.75) is 19.8 Å². The summed E-state index contributed by atoms with van der Waals surface area (Å²) in [6.45, 7) is 1.92. The van der Waals surface area contributed by atoms with Crippen molar-refractivity contribution in [2.24, 2.45) is 0 Å². The fourth-order valence-corrected chi connectivity index (χ4v) is 2.39. The first-order valence-electron chi connectivity index (χ1n) is 7.50. The van der Waals surface area contributed by atoms with E-state index in [9.17, 15) is 9.18 Å². The van der Waals surface area contributed by atoms with Gasteiger partial charge in [0, 0.05) is 12.1 Å². The molecule has 0 aliphatic heterocycles. The molecule has 1 aromatic heterocycles. The molecular formula is C17H16FN5O. The molecule has 0 aliphatic rings. The number of halogens is 1. The molecule has 0 saturated heterocycles. The van der Waals surface area contributed by atoms with Crippen LogP contribution >= 0.6 is 0 Å². The Bertz CT molecular complexity index is 831. The van der Waals surface area contributed by atoms with Crippen LogP contribution in [0.3, 0.4) is 0 Å². The van der Waals surface area contributed by atoms with E-state index in [1.807, 2.05) is 19.1 Å². The van der Waals surface area contributed by atoms with E-state index in [4.69, 9.17) is 0 Å². The van der Waals surface area contributed by atoms with Crippen molar-refractivity contribution in [3.05, 3.63) is 65.7 Å². The summed E-state index contributed by atoms with van der Waals surface area (Å²) in [7, 11) is 0. The van der Waals surface area contributed by atoms with Crippen molar-refractivity contribution < 1.29 is 9.18 Å². The van der Waals surface area contributed by atoms with Gasteiger partial charge in [-0.1, -0.05) is 12.1 Å². The molecule has 2 aromatic carbocycles. The van der Waals surface area contributed by atoms with Crippen LogP contribution in [0.1, 0.15) is 17.5 Å². The summed E-state index contributed by atoms with van der Waals surface area (Å²) in [5.41, 5.74) is 3.44. The van der Waals surface area contributed by atoms with E-state index in [2.05, 4.69) is 20.8 Å². The van der Waals surface area contributed by atoms with E-state index in [1.54, 1.807) is 22.9 Å². The maximum absolute atomic E-state index is 12.9. The normalized spacial score (nSPS) is 10.6. The molecule has 1 heterocycles. The second kappa shape index (κ2) is 6.99. The fraction of sp³-hybridized carbons (Fsp3) is 0.176. The lowest BCUT2D eigenvalue weighted by molar-refractivity contribution is -0.116. The van der Waals surface area contributed by atoms with Crippen LogP contribution in [0.4, 0.5) is 10.1 Å². The first kappa shape index (κ1) is 15.8. The van der Waals surface area contributed by atoms with E-state index in [0.29, 0.717) is 18.5 Å². The SMILES string of the molecule is Cc1cc(NC(=O)CCc2ccc(F)cc2)ccc1-n1cnnn1. The lowest BCUT2D eigenvalue weighted by Gasteiger charge is -2.09.